The molecule has 0 aliphatic heterocycles. The number of anilines is 1. The normalized spacial score (nSPS) is 10.3. The van der Waals surface area contributed by atoms with Crippen molar-refractivity contribution in [1.29, 1.82) is 0 Å². The lowest BCUT2D eigenvalue weighted by Gasteiger charge is -2.06. The minimum atomic E-state index is -0.315. The second-order valence-electron chi connectivity index (χ2n) is 4.56. The van der Waals surface area contributed by atoms with Gasteiger partial charge < -0.3 is 10.1 Å². The Labute approximate surface area is 118 Å². The van der Waals surface area contributed by atoms with E-state index in [1.807, 2.05) is 30.1 Å². The van der Waals surface area contributed by atoms with Gasteiger partial charge in [-0.05, 0) is 24.1 Å². The number of benzene rings is 1. The number of carbonyl (C=O) groups excluding carboxylic acids is 1. The molecule has 5 nitrogen and oxygen atoms in total. The van der Waals surface area contributed by atoms with Crippen molar-refractivity contribution in [2.24, 2.45) is 7.05 Å². The fraction of sp³-hybridized carbons (Fsp3) is 0.333. The molecule has 0 spiro atoms. The molecule has 0 aliphatic carbocycles. The molecule has 1 aromatic heterocycles. The summed E-state index contributed by atoms with van der Waals surface area (Å²) in [6.07, 6.45) is 2.87. The monoisotopic (exact) mass is 273 g/mol. The Morgan fingerprint density at radius 3 is 2.65 bits per heavy atom. The smallest absolute Gasteiger partial charge is 0.337 e. The second-order valence-corrected chi connectivity index (χ2v) is 4.56. The van der Waals surface area contributed by atoms with Crippen LogP contribution in [-0.2, 0) is 24.8 Å². The van der Waals surface area contributed by atoms with E-state index in [4.69, 9.17) is 0 Å². The van der Waals surface area contributed by atoms with Crippen molar-refractivity contribution in [1.82, 2.24) is 9.78 Å². The number of methoxy groups -OCH3 is 1. The van der Waals surface area contributed by atoms with E-state index >= 15 is 0 Å². The molecule has 1 N–H and O–H groups in total. The van der Waals surface area contributed by atoms with Gasteiger partial charge in [-0.1, -0.05) is 19.1 Å². The second kappa shape index (κ2) is 6.23. The van der Waals surface area contributed by atoms with Crippen LogP contribution in [0.4, 0.5) is 5.69 Å². The van der Waals surface area contributed by atoms with Crippen LogP contribution in [0.15, 0.2) is 30.5 Å². The SMILES string of the molecule is CCc1nn(C)cc1NCc1ccc(C(=O)OC)cc1. The van der Waals surface area contributed by atoms with Gasteiger partial charge >= 0.3 is 5.97 Å². The number of hydrogen-bond acceptors (Lipinski definition) is 4. The lowest BCUT2D eigenvalue weighted by molar-refractivity contribution is 0.0600. The van der Waals surface area contributed by atoms with E-state index in [2.05, 4.69) is 22.1 Å². The Morgan fingerprint density at radius 2 is 2.05 bits per heavy atom. The summed E-state index contributed by atoms with van der Waals surface area (Å²) in [6, 6.07) is 7.38. The minimum Gasteiger partial charge on any atom is -0.465 e. The van der Waals surface area contributed by atoms with Gasteiger partial charge in [0.05, 0.1) is 24.1 Å². The number of aromatic nitrogens is 2. The van der Waals surface area contributed by atoms with Gasteiger partial charge in [0.2, 0.25) is 0 Å². The van der Waals surface area contributed by atoms with Gasteiger partial charge in [-0.25, -0.2) is 4.79 Å². The number of nitrogens with one attached hydrogen (secondary N) is 1. The van der Waals surface area contributed by atoms with Gasteiger partial charge in [0.15, 0.2) is 0 Å². The van der Waals surface area contributed by atoms with Crippen LogP contribution in [-0.4, -0.2) is 22.9 Å². The third-order valence-corrected chi connectivity index (χ3v) is 3.10. The molecular weight excluding hydrogens is 254 g/mol. The first-order valence-electron chi connectivity index (χ1n) is 6.57. The van der Waals surface area contributed by atoms with Gasteiger partial charge in [-0.3, -0.25) is 4.68 Å². The zero-order chi connectivity index (χ0) is 14.5. The van der Waals surface area contributed by atoms with Crippen molar-refractivity contribution in [3.05, 3.63) is 47.3 Å². The van der Waals surface area contributed by atoms with Gasteiger partial charge in [-0.15, -0.1) is 0 Å². The van der Waals surface area contributed by atoms with E-state index in [0.29, 0.717) is 12.1 Å². The largest absolute Gasteiger partial charge is 0.465 e. The highest BCUT2D eigenvalue weighted by Gasteiger charge is 2.06. The fourth-order valence-electron chi connectivity index (χ4n) is 2.02. The van der Waals surface area contributed by atoms with Crippen molar-refractivity contribution < 1.29 is 9.53 Å². The molecule has 0 saturated carbocycles. The summed E-state index contributed by atoms with van der Waals surface area (Å²) in [7, 11) is 3.29. The highest BCUT2D eigenvalue weighted by Crippen LogP contribution is 2.15. The van der Waals surface area contributed by atoms with Crippen LogP contribution >= 0.6 is 0 Å². The topological polar surface area (TPSA) is 56.2 Å². The number of hydrogen-bond donors (Lipinski definition) is 1. The van der Waals surface area contributed by atoms with E-state index in [0.717, 1.165) is 23.4 Å². The Morgan fingerprint density at radius 1 is 1.35 bits per heavy atom. The van der Waals surface area contributed by atoms with Crippen LogP contribution in [0, 0.1) is 0 Å². The summed E-state index contributed by atoms with van der Waals surface area (Å²) in [6.45, 7) is 2.78. The molecule has 2 rings (SSSR count). The van der Waals surface area contributed by atoms with Crippen LogP contribution < -0.4 is 5.32 Å². The Hall–Kier alpha value is -2.30. The predicted molar refractivity (Wildman–Crippen MR) is 77.7 cm³/mol. The van der Waals surface area contributed by atoms with Crippen molar-refractivity contribution in [3.8, 4) is 0 Å². The van der Waals surface area contributed by atoms with Crippen molar-refractivity contribution in [2.75, 3.05) is 12.4 Å². The summed E-state index contributed by atoms with van der Waals surface area (Å²) in [5.41, 5.74) is 3.76. The molecular formula is C15H19N3O2. The number of nitrogens with zero attached hydrogens (tertiary/aromatic N) is 2. The predicted octanol–water partition coefficient (Wildman–Crippen LogP) is 2.38. The van der Waals surface area contributed by atoms with Crippen LogP contribution in [0.1, 0.15) is 28.5 Å². The van der Waals surface area contributed by atoms with Gasteiger partial charge in [-0.2, -0.15) is 5.10 Å². The Bertz CT molecular complexity index is 588. The molecule has 0 radical (unpaired) electrons. The molecule has 0 saturated heterocycles. The van der Waals surface area contributed by atoms with E-state index in [1.54, 1.807) is 12.1 Å². The highest BCUT2D eigenvalue weighted by molar-refractivity contribution is 5.89. The zero-order valence-corrected chi connectivity index (χ0v) is 12.0. The first kappa shape index (κ1) is 14.1. The molecule has 1 aromatic carbocycles. The van der Waals surface area contributed by atoms with E-state index in [1.165, 1.54) is 7.11 Å². The number of carbonyl (C=O) groups is 1. The average Bonchev–Trinajstić information content (AvgIpc) is 2.85. The average molecular weight is 273 g/mol. The molecule has 0 atom stereocenters. The Kier molecular flexibility index (Phi) is 4.40. The standard InChI is InChI=1S/C15H19N3O2/c1-4-13-14(10-18(2)17-13)16-9-11-5-7-12(8-6-11)15(19)20-3/h5-8,10,16H,4,9H2,1-3H3. The zero-order valence-electron chi connectivity index (χ0n) is 12.0. The maximum Gasteiger partial charge on any atom is 0.337 e. The van der Waals surface area contributed by atoms with Crippen LogP contribution in [0.5, 0.6) is 0 Å². The first-order valence-corrected chi connectivity index (χ1v) is 6.57. The lowest BCUT2D eigenvalue weighted by atomic mass is 10.1. The molecule has 2 aromatic rings. The minimum absolute atomic E-state index is 0.315. The molecule has 5 heteroatoms. The van der Waals surface area contributed by atoms with Crippen LogP contribution in [0.2, 0.25) is 0 Å². The third-order valence-electron chi connectivity index (χ3n) is 3.10. The van der Waals surface area contributed by atoms with E-state index < -0.39 is 0 Å². The summed E-state index contributed by atoms with van der Waals surface area (Å²) in [4.78, 5) is 11.3. The van der Waals surface area contributed by atoms with Crippen molar-refractivity contribution in [2.45, 2.75) is 19.9 Å². The molecule has 20 heavy (non-hydrogen) atoms. The molecule has 0 amide bonds. The van der Waals surface area contributed by atoms with Crippen molar-refractivity contribution >= 4 is 11.7 Å². The van der Waals surface area contributed by atoms with Crippen molar-refractivity contribution in [3.63, 3.8) is 0 Å². The maximum absolute atomic E-state index is 11.3. The number of esters is 1. The van der Waals surface area contributed by atoms with Crippen LogP contribution in [0.25, 0.3) is 0 Å². The van der Waals surface area contributed by atoms with Gasteiger partial charge in [0, 0.05) is 19.8 Å². The molecule has 0 fully saturated rings. The molecule has 0 unspecified atom stereocenters. The molecule has 1 heterocycles. The summed E-state index contributed by atoms with van der Waals surface area (Å²) in [5, 5.41) is 7.75. The highest BCUT2D eigenvalue weighted by atomic mass is 16.5. The number of ether oxygens (including phenoxy) is 1. The summed E-state index contributed by atoms with van der Waals surface area (Å²) >= 11 is 0. The first-order chi connectivity index (χ1) is 9.63. The van der Waals surface area contributed by atoms with Gasteiger partial charge in [0.25, 0.3) is 0 Å². The van der Waals surface area contributed by atoms with Gasteiger partial charge in [0.1, 0.15) is 0 Å². The summed E-state index contributed by atoms with van der Waals surface area (Å²) in [5.74, 6) is -0.315. The number of rotatable bonds is 5. The van der Waals surface area contributed by atoms with E-state index in [9.17, 15) is 4.79 Å². The molecule has 0 bridgehead atoms. The lowest BCUT2D eigenvalue weighted by Crippen LogP contribution is -2.03. The Balaban J connectivity index is 2.02. The molecule has 106 valence electrons. The summed E-state index contributed by atoms with van der Waals surface area (Å²) < 4.78 is 6.48. The quantitative estimate of drug-likeness (QED) is 0.850. The maximum atomic E-state index is 11.3. The fourth-order valence-corrected chi connectivity index (χ4v) is 2.02. The number of aryl methyl sites for hydroxylation is 2. The van der Waals surface area contributed by atoms with E-state index in [-0.39, 0.29) is 5.97 Å². The molecule has 0 aliphatic rings. The van der Waals surface area contributed by atoms with Crippen LogP contribution in [0.3, 0.4) is 0 Å². The third kappa shape index (κ3) is 3.17.